The molecule has 1 aromatic carbocycles. The first-order valence-electron chi connectivity index (χ1n) is 6.01. The molecule has 0 saturated carbocycles. The van der Waals surface area contributed by atoms with E-state index < -0.39 is 16.8 Å². The predicted octanol–water partition coefficient (Wildman–Crippen LogP) is 2.02. The van der Waals surface area contributed by atoms with Crippen LogP contribution in [0.5, 0.6) is 0 Å². The van der Waals surface area contributed by atoms with Gasteiger partial charge in [-0.25, -0.2) is 4.79 Å². The van der Waals surface area contributed by atoms with Crippen LogP contribution in [0, 0.1) is 6.92 Å². The average molecular weight is 267 g/mol. The van der Waals surface area contributed by atoms with Gasteiger partial charge in [0.15, 0.2) is 0 Å². The van der Waals surface area contributed by atoms with Crippen molar-refractivity contribution in [3.05, 3.63) is 29.3 Å². The molecule has 0 amide bonds. The lowest BCUT2D eigenvalue weighted by Gasteiger charge is -2.24. The van der Waals surface area contributed by atoms with Crippen LogP contribution < -0.4 is 5.32 Å². The molecule has 0 radical (unpaired) electrons. The Labute approximate surface area is 109 Å². The van der Waals surface area contributed by atoms with Crippen LogP contribution in [-0.4, -0.2) is 32.8 Å². The Morgan fingerprint density at radius 1 is 1.39 bits per heavy atom. The first kappa shape index (κ1) is 13.1. The fraction of sp³-hybridized carbons (Fsp3) is 0.462. The molecule has 4 nitrogen and oxygen atoms in total. The Bertz CT molecular complexity index is 477. The second-order valence-corrected chi connectivity index (χ2v) is 6.30. The van der Waals surface area contributed by atoms with E-state index in [1.54, 1.807) is 12.1 Å². The van der Waals surface area contributed by atoms with Gasteiger partial charge in [0.05, 0.1) is 5.56 Å². The third-order valence-electron chi connectivity index (χ3n) is 3.22. The van der Waals surface area contributed by atoms with Crippen LogP contribution in [0.4, 0.5) is 5.69 Å². The average Bonchev–Trinajstić information content (AvgIpc) is 2.34. The molecular weight excluding hydrogens is 250 g/mol. The van der Waals surface area contributed by atoms with Gasteiger partial charge in [0.25, 0.3) is 0 Å². The number of hydrogen-bond acceptors (Lipinski definition) is 3. The number of carboxylic acids is 1. The second kappa shape index (κ2) is 5.52. The van der Waals surface area contributed by atoms with Crippen molar-refractivity contribution in [1.82, 2.24) is 0 Å². The first-order valence-corrected chi connectivity index (χ1v) is 7.50. The lowest BCUT2D eigenvalue weighted by atomic mass is 10.1. The van der Waals surface area contributed by atoms with Crippen LogP contribution in [0.1, 0.15) is 28.8 Å². The van der Waals surface area contributed by atoms with Crippen molar-refractivity contribution in [3.63, 3.8) is 0 Å². The maximum atomic E-state index is 11.3. The van der Waals surface area contributed by atoms with Crippen molar-refractivity contribution in [3.8, 4) is 0 Å². The van der Waals surface area contributed by atoms with Crippen LogP contribution in [0.15, 0.2) is 18.2 Å². The summed E-state index contributed by atoms with van der Waals surface area (Å²) in [6.45, 7) is 1.90. The molecule has 1 aliphatic rings. The summed E-state index contributed by atoms with van der Waals surface area (Å²) in [4.78, 5) is 10.8. The zero-order valence-electron chi connectivity index (χ0n) is 10.3. The molecule has 0 atom stereocenters. The minimum absolute atomic E-state index is 0.308. The number of aromatic carboxylic acids is 1. The quantitative estimate of drug-likeness (QED) is 0.879. The highest BCUT2D eigenvalue weighted by molar-refractivity contribution is 7.85. The second-order valence-electron chi connectivity index (χ2n) is 4.60. The number of carbonyl (C=O) groups is 1. The standard InChI is InChI=1S/C13H17NO3S/c1-9-8-10(13(15)16)2-3-12(9)14-11-4-6-18(17)7-5-11/h2-3,8,11,14H,4-7H2,1H3,(H,15,16). The lowest BCUT2D eigenvalue weighted by molar-refractivity contribution is 0.0697. The monoisotopic (exact) mass is 267 g/mol. The van der Waals surface area contributed by atoms with Gasteiger partial charge in [0.1, 0.15) is 0 Å². The maximum absolute atomic E-state index is 11.3. The highest BCUT2D eigenvalue weighted by Gasteiger charge is 2.18. The minimum atomic E-state index is -0.905. The topological polar surface area (TPSA) is 66.4 Å². The van der Waals surface area contributed by atoms with Gasteiger partial charge in [-0.1, -0.05) is 0 Å². The predicted molar refractivity (Wildman–Crippen MR) is 72.7 cm³/mol. The SMILES string of the molecule is Cc1cc(C(=O)O)ccc1NC1CCS(=O)CC1. The highest BCUT2D eigenvalue weighted by Crippen LogP contribution is 2.21. The summed E-state index contributed by atoms with van der Waals surface area (Å²) in [7, 11) is -0.652. The van der Waals surface area contributed by atoms with Crippen molar-refractivity contribution in [2.75, 3.05) is 16.8 Å². The molecule has 18 heavy (non-hydrogen) atoms. The summed E-state index contributed by atoms with van der Waals surface area (Å²) in [6.07, 6.45) is 1.82. The van der Waals surface area contributed by atoms with Gasteiger partial charge in [-0.15, -0.1) is 0 Å². The summed E-state index contributed by atoms with van der Waals surface area (Å²) in [5.41, 5.74) is 2.21. The zero-order valence-corrected chi connectivity index (χ0v) is 11.1. The van der Waals surface area contributed by atoms with Gasteiger partial charge in [0, 0.05) is 34.0 Å². The van der Waals surface area contributed by atoms with Crippen LogP contribution in [-0.2, 0) is 10.8 Å². The van der Waals surface area contributed by atoms with Crippen LogP contribution >= 0.6 is 0 Å². The van der Waals surface area contributed by atoms with Crippen LogP contribution in [0.3, 0.4) is 0 Å². The lowest BCUT2D eigenvalue weighted by Crippen LogP contribution is -2.29. The van der Waals surface area contributed by atoms with E-state index in [2.05, 4.69) is 5.32 Å². The molecule has 0 aromatic heterocycles. The van der Waals surface area contributed by atoms with Gasteiger partial charge >= 0.3 is 5.97 Å². The molecule has 0 aliphatic carbocycles. The number of anilines is 1. The van der Waals surface area contributed by atoms with E-state index in [9.17, 15) is 9.00 Å². The van der Waals surface area contributed by atoms with Gasteiger partial charge < -0.3 is 10.4 Å². The van der Waals surface area contributed by atoms with E-state index in [1.807, 2.05) is 13.0 Å². The summed E-state index contributed by atoms with van der Waals surface area (Å²) >= 11 is 0. The number of hydrogen-bond donors (Lipinski definition) is 2. The third kappa shape index (κ3) is 3.10. The van der Waals surface area contributed by atoms with Crippen LogP contribution in [0.2, 0.25) is 0 Å². The fourth-order valence-corrected chi connectivity index (χ4v) is 3.42. The number of benzene rings is 1. The summed E-state index contributed by atoms with van der Waals surface area (Å²) in [5.74, 6) is 0.603. The Morgan fingerprint density at radius 2 is 2.06 bits per heavy atom. The largest absolute Gasteiger partial charge is 0.478 e. The van der Waals surface area contributed by atoms with Gasteiger partial charge in [-0.3, -0.25) is 4.21 Å². The molecule has 1 fully saturated rings. The Hall–Kier alpha value is -1.36. The van der Waals surface area contributed by atoms with Crippen molar-refractivity contribution < 1.29 is 14.1 Å². The van der Waals surface area contributed by atoms with Gasteiger partial charge in [-0.2, -0.15) is 0 Å². The summed E-state index contributed by atoms with van der Waals surface area (Å²) in [6, 6.07) is 5.44. The van der Waals surface area contributed by atoms with Crippen molar-refractivity contribution in [1.29, 1.82) is 0 Å². The van der Waals surface area contributed by atoms with E-state index in [1.165, 1.54) is 0 Å². The molecule has 1 aliphatic heterocycles. The van der Waals surface area contributed by atoms with Crippen LogP contribution in [0.25, 0.3) is 0 Å². The number of aryl methyl sites for hydroxylation is 1. The van der Waals surface area contributed by atoms with E-state index >= 15 is 0 Å². The van der Waals surface area contributed by atoms with Crippen molar-refractivity contribution in [2.45, 2.75) is 25.8 Å². The molecule has 1 aromatic rings. The minimum Gasteiger partial charge on any atom is -0.478 e. The highest BCUT2D eigenvalue weighted by atomic mass is 32.2. The van der Waals surface area contributed by atoms with E-state index in [0.717, 1.165) is 35.6 Å². The molecule has 0 spiro atoms. The van der Waals surface area contributed by atoms with Crippen molar-refractivity contribution in [2.24, 2.45) is 0 Å². The molecule has 1 saturated heterocycles. The maximum Gasteiger partial charge on any atom is 0.335 e. The Balaban J connectivity index is 2.05. The fourth-order valence-electron chi connectivity index (χ4n) is 2.12. The van der Waals surface area contributed by atoms with E-state index in [-0.39, 0.29) is 0 Å². The molecular formula is C13H17NO3S. The molecule has 1 heterocycles. The van der Waals surface area contributed by atoms with Gasteiger partial charge in [-0.05, 0) is 43.5 Å². The molecule has 5 heteroatoms. The smallest absolute Gasteiger partial charge is 0.335 e. The summed E-state index contributed by atoms with van der Waals surface area (Å²) < 4.78 is 11.3. The molecule has 2 rings (SSSR count). The third-order valence-corrected chi connectivity index (χ3v) is 4.60. The molecule has 0 unspecified atom stereocenters. The van der Waals surface area contributed by atoms with E-state index in [4.69, 9.17) is 5.11 Å². The zero-order chi connectivity index (χ0) is 13.1. The molecule has 2 N–H and O–H groups in total. The van der Waals surface area contributed by atoms with Gasteiger partial charge in [0.2, 0.25) is 0 Å². The molecule has 98 valence electrons. The molecule has 0 bridgehead atoms. The number of rotatable bonds is 3. The Kier molecular flexibility index (Phi) is 4.01. The van der Waals surface area contributed by atoms with E-state index in [0.29, 0.717) is 11.6 Å². The first-order chi connectivity index (χ1) is 8.56. The number of carboxylic acid groups (broad SMARTS) is 1. The summed E-state index contributed by atoms with van der Waals surface area (Å²) in [5, 5.41) is 12.3. The Morgan fingerprint density at radius 3 is 2.61 bits per heavy atom. The van der Waals surface area contributed by atoms with Crippen molar-refractivity contribution >= 4 is 22.5 Å². The normalized spacial score (nSPS) is 23.6. The number of nitrogens with one attached hydrogen (secondary N) is 1.